The predicted molar refractivity (Wildman–Crippen MR) is 102 cm³/mol. The zero-order chi connectivity index (χ0) is 20.3. The minimum absolute atomic E-state index is 0.270. The van der Waals surface area contributed by atoms with Gasteiger partial charge in [0.05, 0.1) is 11.5 Å². The van der Waals surface area contributed by atoms with Crippen molar-refractivity contribution < 1.29 is 18.7 Å². The van der Waals surface area contributed by atoms with Crippen LogP contribution in [-0.2, 0) is 9.53 Å². The Morgan fingerprint density at radius 1 is 1.25 bits per heavy atom. The van der Waals surface area contributed by atoms with Crippen molar-refractivity contribution in [3.8, 4) is 6.07 Å². The van der Waals surface area contributed by atoms with Crippen molar-refractivity contribution in [2.24, 2.45) is 0 Å². The molecule has 7 nitrogen and oxygen atoms in total. The summed E-state index contributed by atoms with van der Waals surface area (Å²) in [7, 11) is 0. The fourth-order valence-corrected chi connectivity index (χ4v) is 3.40. The maximum absolute atomic E-state index is 12.4. The second kappa shape index (κ2) is 7.85. The van der Waals surface area contributed by atoms with E-state index in [0.717, 1.165) is 30.9 Å². The number of rotatable bonds is 4. The molecule has 1 aromatic heterocycles. The Bertz CT molecular complexity index is 1010. The number of carbonyl (C=O) groups is 2. The van der Waals surface area contributed by atoms with Crippen LogP contribution in [0.3, 0.4) is 0 Å². The van der Waals surface area contributed by atoms with Gasteiger partial charge in [-0.15, -0.1) is 0 Å². The van der Waals surface area contributed by atoms with Crippen molar-refractivity contribution in [2.45, 2.75) is 57.6 Å². The third-order valence-corrected chi connectivity index (χ3v) is 5.02. The highest BCUT2D eigenvalue weighted by molar-refractivity contribution is 5.91. The molecule has 0 spiro atoms. The van der Waals surface area contributed by atoms with Gasteiger partial charge < -0.3 is 14.5 Å². The van der Waals surface area contributed by atoms with Gasteiger partial charge in [-0.2, -0.15) is 5.26 Å². The SMILES string of the molecule is Cc1ccc2oc(C(=O)O[C@@H](C)C(=O)NC3(C#N)CCCCC3)cc(=O)c2c1. The zero-order valence-corrected chi connectivity index (χ0v) is 15.9. The second-order valence-corrected chi connectivity index (χ2v) is 7.27. The van der Waals surface area contributed by atoms with E-state index in [-0.39, 0.29) is 16.8 Å². The van der Waals surface area contributed by atoms with Gasteiger partial charge in [0.1, 0.15) is 11.1 Å². The maximum atomic E-state index is 12.4. The molecular weight excluding hydrogens is 360 g/mol. The molecule has 0 aliphatic heterocycles. The summed E-state index contributed by atoms with van der Waals surface area (Å²) < 4.78 is 10.6. The van der Waals surface area contributed by atoms with E-state index in [1.54, 1.807) is 18.2 Å². The Balaban J connectivity index is 1.72. The minimum atomic E-state index is -1.13. The van der Waals surface area contributed by atoms with Crippen molar-refractivity contribution in [1.29, 1.82) is 5.26 Å². The number of hydrogen-bond donors (Lipinski definition) is 1. The van der Waals surface area contributed by atoms with Crippen LogP contribution in [0.15, 0.2) is 33.5 Å². The fourth-order valence-electron chi connectivity index (χ4n) is 3.40. The molecule has 1 aromatic carbocycles. The van der Waals surface area contributed by atoms with Gasteiger partial charge in [-0.05, 0) is 38.8 Å². The van der Waals surface area contributed by atoms with Crippen molar-refractivity contribution in [3.63, 3.8) is 0 Å². The average Bonchev–Trinajstić information content (AvgIpc) is 2.69. The van der Waals surface area contributed by atoms with Crippen LogP contribution >= 0.6 is 0 Å². The molecule has 3 rings (SSSR count). The van der Waals surface area contributed by atoms with Crippen LogP contribution in [0.1, 0.15) is 55.1 Å². The molecule has 1 atom stereocenters. The van der Waals surface area contributed by atoms with Crippen LogP contribution in [0.2, 0.25) is 0 Å². The monoisotopic (exact) mass is 382 g/mol. The Hall–Kier alpha value is -3.14. The molecule has 1 aliphatic carbocycles. The van der Waals surface area contributed by atoms with Crippen LogP contribution in [-0.4, -0.2) is 23.5 Å². The van der Waals surface area contributed by atoms with Gasteiger partial charge in [-0.3, -0.25) is 9.59 Å². The van der Waals surface area contributed by atoms with Crippen LogP contribution < -0.4 is 10.7 Å². The first-order valence-corrected chi connectivity index (χ1v) is 9.32. The topological polar surface area (TPSA) is 109 Å². The number of fused-ring (bicyclic) bond motifs is 1. The number of esters is 1. The predicted octanol–water partition coefficient (Wildman–Crippen LogP) is 2.99. The van der Waals surface area contributed by atoms with E-state index < -0.39 is 23.5 Å². The van der Waals surface area contributed by atoms with Crippen LogP contribution in [0.25, 0.3) is 11.0 Å². The van der Waals surface area contributed by atoms with Gasteiger partial charge in [0.2, 0.25) is 5.76 Å². The number of nitriles is 1. The Morgan fingerprint density at radius 2 is 1.96 bits per heavy atom. The molecule has 0 unspecified atom stereocenters. The van der Waals surface area contributed by atoms with Gasteiger partial charge in [-0.25, -0.2) is 4.79 Å². The number of ether oxygens (including phenoxy) is 1. The van der Waals surface area contributed by atoms with Crippen molar-refractivity contribution >= 4 is 22.8 Å². The summed E-state index contributed by atoms with van der Waals surface area (Å²) in [6.45, 7) is 3.27. The lowest BCUT2D eigenvalue weighted by atomic mass is 9.83. The highest BCUT2D eigenvalue weighted by Gasteiger charge is 2.35. The highest BCUT2D eigenvalue weighted by Crippen LogP contribution is 2.27. The molecule has 7 heteroatoms. The van der Waals surface area contributed by atoms with E-state index in [1.165, 1.54) is 6.92 Å². The highest BCUT2D eigenvalue weighted by atomic mass is 16.6. The molecule has 1 amide bonds. The maximum Gasteiger partial charge on any atom is 0.375 e. The zero-order valence-electron chi connectivity index (χ0n) is 15.9. The van der Waals surface area contributed by atoms with E-state index >= 15 is 0 Å². The summed E-state index contributed by atoms with van der Waals surface area (Å²) in [5, 5.41) is 12.5. The third kappa shape index (κ3) is 4.06. The molecular formula is C21H22N2O5. The number of benzene rings is 1. The first-order chi connectivity index (χ1) is 13.3. The minimum Gasteiger partial charge on any atom is -0.449 e. The van der Waals surface area contributed by atoms with Crippen molar-refractivity contribution in [3.05, 3.63) is 45.8 Å². The molecule has 1 aliphatic rings. The van der Waals surface area contributed by atoms with Gasteiger partial charge in [0, 0.05) is 6.07 Å². The van der Waals surface area contributed by atoms with Crippen molar-refractivity contribution in [2.75, 3.05) is 0 Å². The molecule has 2 aromatic rings. The standard InChI is InChI=1S/C21H22N2O5/c1-13-6-7-17-15(10-13)16(24)11-18(28-17)20(26)27-14(2)19(25)23-21(12-22)8-4-3-5-9-21/h6-7,10-11,14H,3-5,8-9H2,1-2H3,(H,23,25)/t14-/m0/s1. The number of hydrogen-bond acceptors (Lipinski definition) is 6. The van der Waals surface area contributed by atoms with Gasteiger partial charge in [-0.1, -0.05) is 30.9 Å². The van der Waals surface area contributed by atoms with E-state index in [0.29, 0.717) is 18.2 Å². The molecule has 0 bridgehead atoms. The summed E-state index contributed by atoms with van der Waals surface area (Å²) in [6, 6.07) is 8.30. The lowest BCUT2D eigenvalue weighted by Gasteiger charge is -2.32. The Labute approximate surface area is 162 Å². The number of nitrogens with zero attached hydrogens (tertiary/aromatic N) is 1. The van der Waals surface area contributed by atoms with Gasteiger partial charge in [0.15, 0.2) is 11.5 Å². The summed E-state index contributed by atoms with van der Waals surface area (Å²) in [5.41, 5.74) is -0.106. The summed E-state index contributed by atoms with van der Waals surface area (Å²) in [4.78, 5) is 37.0. The van der Waals surface area contributed by atoms with E-state index in [4.69, 9.17) is 9.15 Å². The second-order valence-electron chi connectivity index (χ2n) is 7.27. The van der Waals surface area contributed by atoms with Crippen molar-refractivity contribution in [1.82, 2.24) is 5.32 Å². The summed E-state index contributed by atoms with van der Waals surface area (Å²) >= 11 is 0. The molecule has 0 radical (unpaired) electrons. The average molecular weight is 382 g/mol. The van der Waals surface area contributed by atoms with E-state index in [1.807, 2.05) is 6.92 Å². The van der Waals surface area contributed by atoms with Gasteiger partial charge >= 0.3 is 5.97 Å². The Kier molecular flexibility index (Phi) is 5.50. The number of carbonyl (C=O) groups excluding carboxylic acids is 2. The number of aryl methyl sites for hydroxylation is 1. The molecule has 1 N–H and O–H groups in total. The number of nitrogens with one attached hydrogen (secondary N) is 1. The van der Waals surface area contributed by atoms with E-state index in [9.17, 15) is 19.6 Å². The first-order valence-electron chi connectivity index (χ1n) is 9.32. The largest absolute Gasteiger partial charge is 0.449 e. The third-order valence-electron chi connectivity index (χ3n) is 5.02. The van der Waals surface area contributed by atoms with Crippen LogP contribution in [0, 0.1) is 18.3 Å². The summed E-state index contributed by atoms with van der Waals surface area (Å²) in [6.07, 6.45) is 2.79. The molecule has 1 fully saturated rings. The molecule has 1 saturated carbocycles. The van der Waals surface area contributed by atoms with Crippen LogP contribution in [0.5, 0.6) is 0 Å². The summed E-state index contributed by atoms with van der Waals surface area (Å²) in [5.74, 6) is -1.72. The molecule has 146 valence electrons. The van der Waals surface area contributed by atoms with E-state index in [2.05, 4.69) is 11.4 Å². The lowest BCUT2D eigenvalue weighted by Crippen LogP contribution is -2.52. The first kappa shape index (κ1) is 19.6. The molecule has 0 saturated heterocycles. The van der Waals surface area contributed by atoms with Gasteiger partial charge in [0.25, 0.3) is 5.91 Å². The molecule has 1 heterocycles. The lowest BCUT2D eigenvalue weighted by molar-refractivity contribution is -0.130. The number of amides is 1. The normalized spacial score (nSPS) is 16.8. The smallest absolute Gasteiger partial charge is 0.375 e. The molecule has 28 heavy (non-hydrogen) atoms. The Morgan fingerprint density at radius 3 is 2.64 bits per heavy atom. The fraction of sp³-hybridized carbons (Fsp3) is 0.429. The van der Waals surface area contributed by atoms with Crippen LogP contribution in [0.4, 0.5) is 0 Å². The quantitative estimate of drug-likeness (QED) is 0.814.